The van der Waals surface area contributed by atoms with Gasteiger partial charge in [-0.1, -0.05) is 6.92 Å². The van der Waals surface area contributed by atoms with Crippen molar-refractivity contribution in [2.45, 2.75) is 13.3 Å². The van der Waals surface area contributed by atoms with Gasteiger partial charge in [0.05, 0.1) is 12.7 Å². The van der Waals surface area contributed by atoms with E-state index in [1.807, 2.05) is 0 Å². The van der Waals surface area contributed by atoms with Gasteiger partial charge in [-0.3, -0.25) is 4.84 Å². The summed E-state index contributed by atoms with van der Waals surface area (Å²) in [5, 5.41) is 10.1. The van der Waals surface area contributed by atoms with Crippen LogP contribution in [-0.4, -0.2) is 24.8 Å². The number of hydroxylamine groups is 2. The molecule has 0 aromatic heterocycles. The zero-order valence-electron chi connectivity index (χ0n) is 6.21. The predicted molar refractivity (Wildman–Crippen MR) is 36.9 cm³/mol. The van der Waals surface area contributed by atoms with Gasteiger partial charge in [0.2, 0.25) is 0 Å². The van der Waals surface area contributed by atoms with E-state index in [9.17, 15) is 0 Å². The molecule has 1 atom stereocenters. The number of rotatable bonds is 1. The summed E-state index contributed by atoms with van der Waals surface area (Å²) >= 11 is 0. The van der Waals surface area contributed by atoms with E-state index in [1.54, 1.807) is 5.06 Å². The summed E-state index contributed by atoms with van der Waals surface area (Å²) in [7, 11) is 0. The molecule has 1 saturated heterocycles. The van der Waals surface area contributed by atoms with Crippen LogP contribution in [0, 0.1) is 17.2 Å². The van der Waals surface area contributed by atoms with Gasteiger partial charge in [0.25, 0.3) is 0 Å². The van der Waals surface area contributed by atoms with E-state index in [-0.39, 0.29) is 0 Å². The Morgan fingerprint density at radius 3 is 3.20 bits per heavy atom. The number of hydrogen-bond donors (Lipinski definition) is 0. The molecular weight excluding hydrogens is 128 g/mol. The lowest BCUT2D eigenvalue weighted by Gasteiger charge is -2.27. The lowest BCUT2D eigenvalue weighted by atomic mass is 10.1. The molecule has 0 aromatic carbocycles. The highest BCUT2D eigenvalue weighted by atomic mass is 16.7. The average molecular weight is 140 g/mol. The van der Waals surface area contributed by atoms with Crippen molar-refractivity contribution in [3.8, 4) is 6.07 Å². The summed E-state index contributed by atoms with van der Waals surface area (Å²) in [4.78, 5) is 5.20. The second kappa shape index (κ2) is 3.55. The Morgan fingerprint density at radius 2 is 2.60 bits per heavy atom. The molecule has 1 aliphatic rings. The minimum absolute atomic E-state index is 0.393. The molecular formula is C7H12N2O. The van der Waals surface area contributed by atoms with Gasteiger partial charge >= 0.3 is 0 Å². The maximum atomic E-state index is 8.33. The SMILES string of the molecule is CC1CCON(CC#N)C1. The van der Waals surface area contributed by atoms with Crippen molar-refractivity contribution in [3.63, 3.8) is 0 Å². The molecule has 1 heterocycles. The highest BCUT2D eigenvalue weighted by Crippen LogP contribution is 2.11. The Kier molecular flexibility index (Phi) is 2.67. The first-order chi connectivity index (χ1) is 4.83. The summed E-state index contributed by atoms with van der Waals surface area (Å²) in [5.41, 5.74) is 0. The molecule has 0 saturated carbocycles. The smallest absolute Gasteiger partial charge is 0.111 e. The molecule has 0 aliphatic carbocycles. The van der Waals surface area contributed by atoms with E-state index >= 15 is 0 Å². The molecule has 0 bridgehead atoms. The van der Waals surface area contributed by atoms with Gasteiger partial charge in [-0.15, -0.1) is 0 Å². The van der Waals surface area contributed by atoms with Gasteiger partial charge in [0.1, 0.15) is 6.54 Å². The fourth-order valence-electron chi connectivity index (χ4n) is 1.06. The van der Waals surface area contributed by atoms with Crippen LogP contribution in [0.5, 0.6) is 0 Å². The van der Waals surface area contributed by atoms with Gasteiger partial charge in [-0.05, 0) is 12.3 Å². The standard InChI is InChI=1S/C7H12N2O/c1-7-2-5-10-9(6-7)4-3-8/h7H,2,4-6H2,1H3. The first-order valence-electron chi connectivity index (χ1n) is 3.57. The molecule has 3 nitrogen and oxygen atoms in total. The zero-order chi connectivity index (χ0) is 7.40. The fraction of sp³-hybridized carbons (Fsp3) is 0.857. The first-order valence-corrected chi connectivity index (χ1v) is 3.57. The monoisotopic (exact) mass is 140 g/mol. The van der Waals surface area contributed by atoms with Crippen molar-refractivity contribution >= 4 is 0 Å². The predicted octanol–water partition coefficient (Wildman–Crippen LogP) is 0.783. The zero-order valence-corrected chi connectivity index (χ0v) is 6.21. The number of hydrogen-bond acceptors (Lipinski definition) is 3. The molecule has 1 rings (SSSR count). The van der Waals surface area contributed by atoms with Crippen molar-refractivity contribution in [2.24, 2.45) is 5.92 Å². The van der Waals surface area contributed by atoms with Crippen molar-refractivity contribution in [2.75, 3.05) is 19.7 Å². The summed E-state index contributed by atoms with van der Waals surface area (Å²) in [6.45, 7) is 4.23. The van der Waals surface area contributed by atoms with Gasteiger partial charge < -0.3 is 0 Å². The Morgan fingerprint density at radius 1 is 1.80 bits per heavy atom. The quantitative estimate of drug-likeness (QED) is 0.505. The molecule has 0 N–H and O–H groups in total. The minimum Gasteiger partial charge on any atom is -0.298 e. The molecule has 0 amide bonds. The maximum absolute atomic E-state index is 8.33. The summed E-state index contributed by atoms with van der Waals surface area (Å²) in [6, 6.07) is 2.06. The van der Waals surface area contributed by atoms with Gasteiger partial charge in [-0.2, -0.15) is 10.3 Å². The van der Waals surface area contributed by atoms with Crippen LogP contribution in [0.2, 0.25) is 0 Å². The third-order valence-electron chi connectivity index (χ3n) is 1.65. The van der Waals surface area contributed by atoms with Crippen LogP contribution >= 0.6 is 0 Å². The summed E-state index contributed by atoms with van der Waals surface area (Å²) in [5.74, 6) is 0.669. The van der Waals surface area contributed by atoms with E-state index in [2.05, 4.69) is 13.0 Å². The highest BCUT2D eigenvalue weighted by molar-refractivity contribution is 4.74. The van der Waals surface area contributed by atoms with Crippen LogP contribution in [0.3, 0.4) is 0 Å². The fourth-order valence-corrected chi connectivity index (χ4v) is 1.06. The molecule has 10 heavy (non-hydrogen) atoms. The number of nitrogens with zero attached hydrogens (tertiary/aromatic N) is 2. The lowest BCUT2D eigenvalue weighted by Crippen LogP contribution is -2.34. The topological polar surface area (TPSA) is 36.3 Å². The Labute approximate surface area is 61.1 Å². The normalized spacial score (nSPS) is 27.8. The van der Waals surface area contributed by atoms with Crippen LogP contribution in [0.25, 0.3) is 0 Å². The van der Waals surface area contributed by atoms with Crippen molar-refractivity contribution in [1.82, 2.24) is 5.06 Å². The molecule has 0 spiro atoms. The van der Waals surface area contributed by atoms with Crippen LogP contribution in [0.15, 0.2) is 0 Å². The number of nitriles is 1. The highest BCUT2D eigenvalue weighted by Gasteiger charge is 2.15. The van der Waals surface area contributed by atoms with E-state index in [0.717, 1.165) is 19.6 Å². The average Bonchev–Trinajstić information content (AvgIpc) is 1.88. The molecule has 1 unspecified atom stereocenters. The van der Waals surface area contributed by atoms with Crippen LogP contribution < -0.4 is 0 Å². The van der Waals surface area contributed by atoms with E-state index in [1.165, 1.54) is 0 Å². The molecule has 1 fully saturated rings. The van der Waals surface area contributed by atoms with Crippen molar-refractivity contribution in [1.29, 1.82) is 5.26 Å². The molecule has 1 aliphatic heterocycles. The Hall–Kier alpha value is -0.590. The van der Waals surface area contributed by atoms with E-state index in [4.69, 9.17) is 10.1 Å². The first kappa shape index (κ1) is 7.52. The molecule has 0 aromatic rings. The van der Waals surface area contributed by atoms with Gasteiger partial charge in [-0.25, -0.2) is 0 Å². The molecule has 3 heteroatoms. The van der Waals surface area contributed by atoms with Gasteiger partial charge in [0, 0.05) is 6.54 Å². The van der Waals surface area contributed by atoms with Crippen LogP contribution in [-0.2, 0) is 4.84 Å². The second-order valence-electron chi connectivity index (χ2n) is 2.71. The molecule has 56 valence electrons. The Bertz CT molecular complexity index is 141. The third kappa shape index (κ3) is 1.98. The van der Waals surface area contributed by atoms with Crippen molar-refractivity contribution < 1.29 is 4.84 Å². The lowest BCUT2D eigenvalue weighted by molar-refractivity contribution is -0.184. The molecule has 0 radical (unpaired) electrons. The summed E-state index contributed by atoms with van der Waals surface area (Å²) < 4.78 is 0. The Balaban J connectivity index is 2.27. The largest absolute Gasteiger partial charge is 0.298 e. The van der Waals surface area contributed by atoms with Crippen LogP contribution in [0.1, 0.15) is 13.3 Å². The van der Waals surface area contributed by atoms with Gasteiger partial charge in [0.15, 0.2) is 0 Å². The van der Waals surface area contributed by atoms with E-state index < -0.39 is 0 Å². The van der Waals surface area contributed by atoms with E-state index in [0.29, 0.717) is 12.5 Å². The summed E-state index contributed by atoms with van der Waals surface area (Å²) in [6.07, 6.45) is 1.11. The second-order valence-corrected chi connectivity index (χ2v) is 2.71. The third-order valence-corrected chi connectivity index (χ3v) is 1.65. The van der Waals surface area contributed by atoms with Crippen molar-refractivity contribution in [3.05, 3.63) is 0 Å². The maximum Gasteiger partial charge on any atom is 0.111 e. The van der Waals surface area contributed by atoms with Crippen LogP contribution in [0.4, 0.5) is 0 Å². The minimum atomic E-state index is 0.393.